The van der Waals surface area contributed by atoms with Gasteiger partial charge in [-0.2, -0.15) is 0 Å². The van der Waals surface area contributed by atoms with Crippen LogP contribution in [-0.4, -0.2) is 41.4 Å². The van der Waals surface area contributed by atoms with Gasteiger partial charge in [-0.25, -0.2) is 0 Å². The van der Waals surface area contributed by atoms with Gasteiger partial charge in [0.05, 0.1) is 5.60 Å². The topological polar surface area (TPSA) is 47.9 Å². The molecule has 1 unspecified atom stereocenters. The number of rotatable bonds is 5. The van der Waals surface area contributed by atoms with Gasteiger partial charge in [-0.1, -0.05) is 13.8 Å². The average molecular weight is 258 g/mol. The summed E-state index contributed by atoms with van der Waals surface area (Å²) in [5, 5.41) is 10.5. The van der Waals surface area contributed by atoms with Gasteiger partial charge in [0.25, 0.3) is 0 Å². The van der Waals surface area contributed by atoms with Gasteiger partial charge in [0.15, 0.2) is 6.29 Å². The molecule has 2 rings (SSSR count). The van der Waals surface area contributed by atoms with Gasteiger partial charge in [-0.15, -0.1) is 0 Å². The second-order valence-corrected chi connectivity index (χ2v) is 6.05. The molecule has 4 nitrogen and oxygen atoms in total. The van der Waals surface area contributed by atoms with Crippen LogP contribution in [-0.2, 0) is 14.2 Å². The average Bonchev–Trinajstić information content (AvgIpc) is 2.74. The maximum atomic E-state index is 10.5. The Hall–Kier alpha value is -0.160. The highest BCUT2D eigenvalue weighted by Crippen LogP contribution is 2.55. The smallest absolute Gasteiger partial charge is 0.155 e. The molecule has 2 aliphatic rings. The van der Waals surface area contributed by atoms with Gasteiger partial charge in [0.2, 0.25) is 0 Å². The first kappa shape index (κ1) is 14.3. The van der Waals surface area contributed by atoms with Gasteiger partial charge in [0.1, 0.15) is 17.8 Å². The van der Waals surface area contributed by atoms with E-state index in [4.69, 9.17) is 14.2 Å². The van der Waals surface area contributed by atoms with Crippen molar-refractivity contribution < 1.29 is 19.3 Å². The summed E-state index contributed by atoms with van der Waals surface area (Å²) in [6.07, 6.45) is 0.669. The van der Waals surface area contributed by atoms with Crippen LogP contribution in [0.4, 0.5) is 0 Å². The molecular weight excluding hydrogens is 232 g/mol. The minimum atomic E-state index is -0.573. The largest absolute Gasteiger partial charge is 0.387 e. The van der Waals surface area contributed by atoms with Crippen LogP contribution < -0.4 is 0 Å². The molecule has 0 aromatic heterocycles. The van der Waals surface area contributed by atoms with Crippen LogP contribution in [0.15, 0.2) is 0 Å². The van der Waals surface area contributed by atoms with E-state index >= 15 is 0 Å². The van der Waals surface area contributed by atoms with E-state index in [0.717, 1.165) is 12.8 Å². The first-order valence-corrected chi connectivity index (χ1v) is 7.01. The lowest BCUT2D eigenvalue weighted by atomic mass is 9.73. The number of fused-ring (bicyclic) bond motifs is 2. The summed E-state index contributed by atoms with van der Waals surface area (Å²) in [5.74, 6) is 0.315. The fourth-order valence-electron chi connectivity index (χ4n) is 3.38. The van der Waals surface area contributed by atoms with Crippen molar-refractivity contribution >= 4 is 0 Å². The number of aliphatic hydroxyl groups excluding tert-OH is 1. The third-order valence-electron chi connectivity index (χ3n) is 4.55. The maximum Gasteiger partial charge on any atom is 0.155 e. The summed E-state index contributed by atoms with van der Waals surface area (Å²) in [6.45, 7) is 10.7. The van der Waals surface area contributed by atoms with E-state index in [0.29, 0.717) is 12.5 Å². The number of ether oxygens (including phenoxy) is 3. The van der Waals surface area contributed by atoms with E-state index in [1.807, 2.05) is 20.8 Å². The van der Waals surface area contributed by atoms with Crippen LogP contribution in [0.2, 0.25) is 0 Å². The molecule has 0 saturated carbocycles. The van der Waals surface area contributed by atoms with Crippen molar-refractivity contribution in [2.75, 3.05) is 6.61 Å². The molecule has 0 aliphatic carbocycles. The molecule has 0 aromatic carbocycles. The lowest BCUT2D eigenvalue weighted by molar-refractivity contribution is -0.210. The minimum absolute atomic E-state index is 0.294. The molecule has 0 amide bonds. The molecule has 18 heavy (non-hydrogen) atoms. The Morgan fingerprint density at radius 1 is 1.33 bits per heavy atom. The summed E-state index contributed by atoms with van der Waals surface area (Å²) in [6, 6.07) is 0. The van der Waals surface area contributed by atoms with Crippen molar-refractivity contribution in [2.24, 2.45) is 5.92 Å². The van der Waals surface area contributed by atoms with Crippen molar-refractivity contribution in [1.82, 2.24) is 0 Å². The van der Waals surface area contributed by atoms with Crippen LogP contribution in [0, 0.1) is 5.92 Å². The summed E-state index contributed by atoms with van der Waals surface area (Å²) in [7, 11) is 0. The maximum absolute atomic E-state index is 10.5. The zero-order chi connectivity index (χ0) is 13.6. The summed E-state index contributed by atoms with van der Waals surface area (Å²) >= 11 is 0. The van der Waals surface area contributed by atoms with Crippen LogP contribution >= 0.6 is 0 Å². The van der Waals surface area contributed by atoms with Crippen molar-refractivity contribution in [1.29, 1.82) is 0 Å². The molecule has 2 bridgehead atoms. The van der Waals surface area contributed by atoms with Crippen LogP contribution in [0.25, 0.3) is 0 Å². The molecule has 2 heterocycles. The van der Waals surface area contributed by atoms with Gasteiger partial charge in [-0.3, -0.25) is 0 Å². The minimum Gasteiger partial charge on any atom is -0.387 e. The highest BCUT2D eigenvalue weighted by atomic mass is 16.7. The van der Waals surface area contributed by atoms with Gasteiger partial charge in [0, 0.05) is 6.61 Å². The van der Waals surface area contributed by atoms with E-state index in [1.54, 1.807) is 0 Å². The number of aliphatic hydroxyl groups is 1. The molecule has 2 saturated heterocycles. The monoisotopic (exact) mass is 258 g/mol. The lowest BCUT2D eigenvalue weighted by Crippen LogP contribution is -2.53. The van der Waals surface area contributed by atoms with Gasteiger partial charge < -0.3 is 19.3 Å². The lowest BCUT2D eigenvalue weighted by Gasteiger charge is -2.39. The van der Waals surface area contributed by atoms with Gasteiger partial charge in [-0.05, 0) is 39.5 Å². The summed E-state index contributed by atoms with van der Waals surface area (Å²) < 4.78 is 17.5. The van der Waals surface area contributed by atoms with Crippen molar-refractivity contribution in [2.45, 2.75) is 77.2 Å². The Kier molecular flexibility index (Phi) is 3.76. The summed E-state index contributed by atoms with van der Waals surface area (Å²) in [5.41, 5.74) is -0.819. The Morgan fingerprint density at radius 2 is 2.00 bits per heavy atom. The van der Waals surface area contributed by atoms with Crippen molar-refractivity contribution in [3.05, 3.63) is 0 Å². The molecule has 5 atom stereocenters. The second kappa shape index (κ2) is 4.75. The molecule has 0 spiro atoms. The quantitative estimate of drug-likeness (QED) is 0.767. The highest BCUT2D eigenvalue weighted by molar-refractivity contribution is 5.15. The van der Waals surface area contributed by atoms with Crippen molar-refractivity contribution in [3.63, 3.8) is 0 Å². The van der Waals surface area contributed by atoms with Gasteiger partial charge >= 0.3 is 0 Å². The van der Waals surface area contributed by atoms with Crippen LogP contribution in [0.5, 0.6) is 0 Å². The zero-order valence-corrected chi connectivity index (χ0v) is 12.1. The zero-order valence-electron chi connectivity index (χ0n) is 12.1. The predicted octanol–water partition coefficient (Wildman–Crippen LogP) is 2.09. The highest BCUT2D eigenvalue weighted by Gasteiger charge is 2.67. The van der Waals surface area contributed by atoms with Crippen molar-refractivity contribution in [3.8, 4) is 0 Å². The fraction of sp³-hybridized carbons (Fsp3) is 1.00. The van der Waals surface area contributed by atoms with E-state index < -0.39 is 11.7 Å². The molecule has 4 heteroatoms. The fourth-order valence-corrected chi connectivity index (χ4v) is 3.38. The van der Waals surface area contributed by atoms with E-state index in [1.165, 1.54) is 0 Å². The first-order valence-electron chi connectivity index (χ1n) is 7.01. The molecule has 0 aromatic rings. The molecular formula is C14H26O4. The normalized spacial score (nSPS) is 44.8. The Morgan fingerprint density at radius 3 is 2.56 bits per heavy atom. The standard InChI is InChI=1S/C14H26O4/c1-6-16-10(4)17-12-11(15)13(5)7-8-14(12,18-13)9(2)3/h9-12,15H,6-8H2,1-5H3/t10?,11-,12-,13+,14+/m1/s1. The Balaban J connectivity index is 2.17. The number of hydrogen-bond donors (Lipinski definition) is 1. The Bertz CT molecular complexity index is 306. The third kappa shape index (κ3) is 1.99. The molecule has 2 aliphatic heterocycles. The number of hydrogen-bond acceptors (Lipinski definition) is 4. The molecule has 106 valence electrons. The Labute approximate surface area is 110 Å². The molecule has 2 fully saturated rings. The first-order chi connectivity index (χ1) is 8.35. The second-order valence-electron chi connectivity index (χ2n) is 6.05. The molecule has 0 radical (unpaired) electrons. The summed E-state index contributed by atoms with van der Waals surface area (Å²) in [4.78, 5) is 0. The van der Waals surface area contributed by atoms with Crippen LogP contribution in [0.1, 0.15) is 47.5 Å². The predicted molar refractivity (Wildman–Crippen MR) is 68.3 cm³/mol. The van der Waals surface area contributed by atoms with E-state index in [-0.39, 0.29) is 18.0 Å². The SMILES string of the molecule is CCOC(C)O[C@@H]1[C@@H](O)[C@]2(C)CC[C@@]1(C(C)C)O2. The molecule has 1 N–H and O–H groups in total. The van der Waals surface area contributed by atoms with Crippen LogP contribution in [0.3, 0.4) is 0 Å². The van der Waals surface area contributed by atoms with E-state index in [2.05, 4.69) is 13.8 Å². The van der Waals surface area contributed by atoms with E-state index in [9.17, 15) is 5.11 Å². The third-order valence-corrected chi connectivity index (χ3v) is 4.55.